The summed E-state index contributed by atoms with van der Waals surface area (Å²) in [5, 5.41) is 0. The van der Waals surface area contributed by atoms with Gasteiger partial charge in [-0.1, -0.05) is 60.8 Å². The molecule has 0 aliphatic heterocycles. The van der Waals surface area contributed by atoms with E-state index in [9.17, 15) is 0 Å². The van der Waals surface area contributed by atoms with Crippen molar-refractivity contribution in [3.63, 3.8) is 0 Å². The molecule has 0 heterocycles. The summed E-state index contributed by atoms with van der Waals surface area (Å²) < 4.78 is 0. The molecule has 0 atom stereocenters. The minimum Gasteiger partial charge on any atom is -0.0882 e. The van der Waals surface area contributed by atoms with E-state index >= 15 is 0 Å². The van der Waals surface area contributed by atoms with Crippen molar-refractivity contribution in [1.82, 2.24) is 0 Å². The van der Waals surface area contributed by atoms with E-state index in [1.54, 1.807) is 0 Å². The predicted molar refractivity (Wildman–Crippen MR) is 64.2 cm³/mol. The average Bonchev–Trinajstić information content (AvgIpc) is 2.22. The first-order chi connectivity index (χ1) is 7.00. The van der Waals surface area contributed by atoms with Crippen LogP contribution in [-0.2, 0) is 0 Å². The lowest BCUT2D eigenvalue weighted by atomic mass is 10.2. The number of rotatable bonds is 0. The molecule has 0 aromatic heterocycles. The molecule has 0 saturated heterocycles. The first kappa shape index (κ1) is 10.8. The fraction of sp³-hybridized carbons (Fsp3) is 0.286. The quantitative estimate of drug-likeness (QED) is 0.494. The molecule has 74 valence electrons. The molecule has 1 aliphatic carbocycles. The van der Waals surface area contributed by atoms with Gasteiger partial charge in [0.15, 0.2) is 0 Å². The molecule has 0 aromatic carbocycles. The molecule has 0 saturated carbocycles. The van der Waals surface area contributed by atoms with Gasteiger partial charge in [-0.3, -0.25) is 0 Å². The molecular weight excluding hydrogens is 168 g/mol. The largest absolute Gasteiger partial charge is 0.0882 e. The first-order valence-electron chi connectivity index (χ1n) is 5.30. The lowest BCUT2D eigenvalue weighted by molar-refractivity contribution is 1.00. The lowest BCUT2D eigenvalue weighted by Crippen LogP contribution is -1.68. The minimum absolute atomic E-state index is 1.14. The molecule has 1 rings (SSSR count). The summed E-state index contributed by atoms with van der Waals surface area (Å²) in [6.07, 6.45) is 26.0. The molecule has 0 bridgehead atoms. The molecule has 0 amide bonds. The molecular formula is C14H18. The normalized spacial score (nSPS) is 29.7. The maximum Gasteiger partial charge on any atom is -0.0313 e. The standard InChI is InChI=1S/C14H18/c1-2-4-6-8-10-12-14-13-11-9-7-5-3-1/h1-8,13-14H,9-12H2/b3-1-,4-2+,7-5+,8-6+,14-13+. The predicted octanol–water partition coefficient (Wildman–Crippen LogP) is 4.34. The highest BCUT2D eigenvalue weighted by atomic mass is 13.8. The van der Waals surface area contributed by atoms with Crippen molar-refractivity contribution in [2.24, 2.45) is 0 Å². The Kier molecular flexibility index (Phi) is 6.39. The van der Waals surface area contributed by atoms with Crippen LogP contribution in [0.25, 0.3) is 0 Å². The van der Waals surface area contributed by atoms with Crippen LogP contribution in [0.4, 0.5) is 0 Å². The zero-order valence-electron chi connectivity index (χ0n) is 8.60. The van der Waals surface area contributed by atoms with Crippen molar-refractivity contribution in [3.8, 4) is 0 Å². The van der Waals surface area contributed by atoms with Crippen LogP contribution in [0, 0.1) is 0 Å². The Morgan fingerprint density at radius 3 is 1.21 bits per heavy atom. The summed E-state index contributed by atoms with van der Waals surface area (Å²) >= 11 is 0. The highest BCUT2D eigenvalue weighted by Gasteiger charge is 1.78. The van der Waals surface area contributed by atoms with Gasteiger partial charge >= 0.3 is 0 Å². The van der Waals surface area contributed by atoms with Crippen molar-refractivity contribution in [2.45, 2.75) is 25.7 Å². The monoisotopic (exact) mass is 186 g/mol. The van der Waals surface area contributed by atoms with Crippen LogP contribution < -0.4 is 0 Å². The van der Waals surface area contributed by atoms with Gasteiger partial charge in [0, 0.05) is 0 Å². The van der Waals surface area contributed by atoms with Gasteiger partial charge in [0.2, 0.25) is 0 Å². The summed E-state index contributed by atoms with van der Waals surface area (Å²) in [4.78, 5) is 0. The van der Waals surface area contributed by atoms with E-state index < -0.39 is 0 Å². The Hall–Kier alpha value is -1.30. The van der Waals surface area contributed by atoms with Gasteiger partial charge in [-0.05, 0) is 25.7 Å². The zero-order valence-corrected chi connectivity index (χ0v) is 8.60. The number of allylic oxidation sites excluding steroid dienone is 10. The third-order valence-electron chi connectivity index (χ3n) is 1.99. The second-order valence-electron chi connectivity index (χ2n) is 3.25. The Labute approximate surface area is 87.0 Å². The summed E-state index contributed by atoms with van der Waals surface area (Å²) in [6.45, 7) is 0. The fourth-order valence-electron chi connectivity index (χ4n) is 1.23. The van der Waals surface area contributed by atoms with Gasteiger partial charge in [0.25, 0.3) is 0 Å². The van der Waals surface area contributed by atoms with E-state index in [1.165, 1.54) is 0 Å². The van der Waals surface area contributed by atoms with Gasteiger partial charge in [-0.25, -0.2) is 0 Å². The Bertz CT molecular complexity index is 234. The van der Waals surface area contributed by atoms with Crippen LogP contribution in [0.15, 0.2) is 60.8 Å². The highest BCUT2D eigenvalue weighted by Crippen LogP contribution is 1.98. The van der Waals surface area contributed by atoms with E-state index in [1.807, 2.05) is 0 Å². The van der Waals surface area contributed by atoms with Crippen LogP contribution >= 0.6 is 0 Å². The average molecular weight is 186 g/mol. The first-order valence-corrected chi connectivity index (χ1v) is 5.30. The zero-order chi connectivity index (χ0) is 9.90. The van der Waals surface area contributed by atoms with E-state index in [4.69, 9.17) is 0 Å². The summed E-state index contributed by atoms with van der Waals surface area (Å²) in [5.74, 6) is 0. The minimum atomic E-state index is 1.14. The molecule has 0 N–H and O–H groups in total. The molecule has 0 fully saturated rings. The Morgan fingerprint density at radius 1 is 0.357 bits per heavy atom. The molecule has 14 heavy (non-hydrogen) atoms. The van der Waals surface area contributed by atoms with Crippen LogP contribution in [-0.4, -0.2) is 0 Å². The van der Waals surface area contributed by atoms with Gasteiger partial charge in [0.1, 0.15) is 0 Å². The maximum atomic E-state index is 2.27. The molecule has 0 heteroatoms. The third-order valence-corrected chi connectivity index (χ3v) is 1.99. The number of hydrogen-bond donors (Lipinski definition) is 0. The van der Waals surface area contributed by atoms with E-state index in [2.05, 4.69) is 60.8 Å². The summed E-state index contributed by atoms with van der Waals surface area (Å²) in [6, 6.07) is 0. The van der Waals surface area contributed by atoms with Crippen molar-refractivity contribution in [1.29, 1.82) is 0 Å². The lowest BCUT2D eigenvalue weighted by Gasteiger charge is -1.88. The van der Waals surface area contributed by atoms with E-state index in [0.29, 0.717) is 0 Å². The van der Waals surface area contributed by atoms with Crippen LogP contribution in [0.2, 0.25) is 0 Å². The molecule has 0 nitrogen and oxygen atoms in total. The molecule has 0 unspecified atom stereocenters. The fourth-order valence-corrected chi connectivity index (χ4v) is 1.23. The number of hydrogen-bond acceptors (Lipinski definition) is 0. The Balaban J connectivity index is 2.46. The maximum absolute atomic E-state index is 2.27. The smallest absolute Gasteiger partial charge is 0.0313 e. The van der Waals surface area contributed by atoms with Crippen LogP contribution in [0.5, 0.6) is 0 Å². The van der Waals surface area contributed by atoms with Crippen LogP contribution in [0.1, 0.15) is 25.7 Å². The SMILES string of the molecule is C1=C\C=C\CC/C=C/CC/C=C/C=C/1. The second kappa shape index (κ2) is 8.31. The van der Waals surface area contributed by atoms with Crippen molar-refractivity contribution >= 4 is 0 Å². The molecule has 0 spiro atoms. The highest BCUT2D eigenvalue weighted by molar-refractivity contribution is 5.15. The van der Waals surface area contributed by atoms with E-state index in [0.717, 1.165) is 25.7 Å². The summed E-state index contributed by atoms with van der Waals surface area (Å²) in [5.41, 5.74) is 0. The topological polar surface area (TPSA) is 0 Å². The van der Waals surface area contributed by atoms with Gasteiger partial charge in [-0.15, -0.1) is 0 Å². The molecule has 0 radical (unpaired) electrons. The third kappa shape index (κ3) is 6.24. The second-order valence-corrected chi connectivity index (χ2v) is 3.25. The molecule has 0 aromatic rings. The van der Waals surface area contributed by atoms with Crippen molar-refractivity contribution in [2.75, 3.05) is 0 Å². The van der Waals surface area contributed by atoms with Gasteiger partial charge in [-0.2, -0.15) is 0 Å². The molecule has 1 aliphatic rings. The van der Waals surface area contributed by atoms with E-state index in [-0.39, 0.29) is 0 Å². The van der Waals surface area contributed by atoms with Gasteiger partial charge < -0.3 is 0 Å². The van der Waals surface area contributed by atoms with Gasteiger partial charge in [0.05, 0.1) is 0 Å². The van der Waals surface area contributed by atoms with Crippen molar-refractivity contribution in [3.05, 3.63) is 60.8 Å². The summed E-state index contributed by atoms with van der Waals surface area (Å²) in [7, 11) is 0. The van der Waals surface area contributed by atoms with Crippen LogP contribution in [0.3, 0.4) is 0 Å². The Morgan fingerprint density at radius 2 is 0.714 bits per heavy atom. The van der Waals surface area contributed by atoms with Crippen molar-refractivity contribution < 1.29 is 0 Å².